The summed E-state index contributed by atoms with van der Waals surface area (Å²) in [5, 5.41) is 2.88. The van der Waals surface area contributed by atoms with Crippen LogP contribution in [0.25, 0.3) is 0 Å². The Bertz CT molecular complexity index is 500. The molecule has 0 spiro atoms. The predicted octanol–water partition coefficient (Wildman–Crippen LogP) is 1.70. The SMILES string of the molecule is COc1ccc(C2CNC(=O)C2)cc1OC1CCCC1.[PbH2]. The topological polar surface area (TPSA) is 47.6 Å². The number of carbonyl (C=O) groups is 1. The van der Waals surface area contributed by atoms with E-state index < -0.39 is 0 Å². The first-order chi connectivity index (χ1) is 9.76. The molecule has 1 amide bonds. The molecule has 1 atom stereocenters. The van der Waals surface area contributed by atoms with Gasteiger partial charge in [0.25, 0.3) is 0 Å². The zero-order valence-electron chi connectivity index (χ0n) is 12.6. The molecule has 3 rings (SSSR count). The molecule has 1 unspecified atom stereocenters. The number of ether oxygens (including phenoxy) is 2. The van der Waals surface area contributed by atoms with Gasteiger partial charge in [-0.25, -0.2) is 0 Å². The van der Waals surface area contributed by atoms with Crippen molar-refractivity contribution in [3.05, 3.63) is 23.8 Å². The Hall–Kier alpha value is -0.788. The third kappa shape index (κ3) is 3.90. The fourth-order valence-corrected chi connectivity index (χ4v) is 3.07. The van der Waals surface area contributed by atoms with Gasteiger partial charge in [-0.15, -0.1) is 0 Å². The minimum atomic E-state index is 0. The number of carbonyl (C=O) groups excluding carboxylic acids is 1. The molecule has 1 saturated carbocycles. The van der Waals surface area contributed by atoms with Gasteiger partial charge in [0, 0.05) is 18.9 Å². The molecule has 0 aromatic heterocycles. The number of hydrogen-bond donors (Lipinski definition) is 1. The van der Waals surface area contributed by atoms with E-state index in [0.29, 0.717) is 19.1 Å². The number of rotatable bonds is 4. The van der Waals surface area contributed by atoms with E-state index in [1.807, 2.05) is 18.2 Å². The van der Waals surface area contributed by atoms with Gasteiger partial charge in [0.1, 0.15) is 0 Å². The summed E-state index contributed by atoms with van der Waals surface area (Å²) in [7, 11) is 1.66. The molecule has 1 aromatic rings. The van der Waals surface area contributed by atoms with Crippen LogP contribution in [0.4, 0.5) is 0 Å². The standard InChI is InChI=1S/C16H21NO3.Pb.2H/c1-19-14-7-6-11(12-9-16(18)17-10-12)8-15(14)20-13-4-2-3-5-13;;;/h6-8,12-13H,2-5,9-10H2,1H3,(H,17,18);;;. The van der Waals surface area contributed by atoms with Gasteiger partial charge >= 0.3 is 27.3 Å². The van der Waals surface area contributed by atoms with E-state index in [0.717, 1.165) is 29.9 Å². The van der Waals surface area contributed by atoms with E-state index in [1.54, 1.807) is 7.11 Å². The molecule has 1 saturated heterocycles. The van der Waals surface area contributed by atoms with Crippen LogP contribution in [0.15, 0.2) is 18.2 Å². The quantitative estimate of drug-likeness (QED) is 0.662. The van der Waals surface area contributed by atoms with Gasteiger partial charge in [-0.2, -0.15) is 0 Å². The van der Waals surface area contributed by atoms with E-state index in [2.05, 4.69) is 5.32 Å². The Labute approximate surface area is 145 Å². The molecular weight excluding hydrogens is 461 g/mol. The van der Waals surface area contributed by atoms with Crippen LogP contribution >= 0.6 is 0 Å². The van der Waals surface area contributed by atoms with Crippen LogP contribution in [0.5, 0.6) is 11.5 Å². The van der Waals surface area contributed by atoms with Crippen molar-refractivity contribution >= 4 is 33.2 Å². The molecule has 114 valence electrons. The molecule has 1 aliphatic carbocycles. The molecule has 4 nitrogen and oxygen atoms in total. The molecule has 1 heterocycles. The van der Waals surface area contributed by atoms with Crippen LogP contribution in [-0.4, -0.2) is 53.0 Å². The Morgan fingerprint density at radius 2 is 1.95 bits per heavy atom. The van der Waals surface area contributed by atoms with Gasteiger partial charge in [-0.1, -0.05) is 6.07 Å². The molecule has 2 radical (unpaired) electrons. The number of methoxy groups -OCH3 is 1. The molecule has 21 heavy (non-hydrogen) atoms. The van der Waals surface area contributed by atoms with Gasteiger partial charge in [0.2, 0.25) is 5.91 Å². The van der Waals surface area contributed by atoms with Crippen molar-refractivity contribution in [2.24, 2.45) is 0 Å². The first-order valence-electron chi connectivity index (χ1n) is 7.37. The molecule has 2 fully saturated rings. The average molecular weight is 485 g/mol. The van der Waals surface area contributed by atoms with Crippen molar-refractivity contribution in [1.29, 1.82) is 0 Å². The van der Waals surface area contributed by atoms with Crippen molar-refractivity contribution in [1.82, 2.24) is 5.32 Å². The Morgan fingerprint density at radius 1 is 1.19 bits per heavy atom. The average Bonchev–Trinajstić information content (AvgIpc) is 3.10. The summed E-state index contributed by atoms with van der Waals surface area (Å²) >= 11 is 0. The molecule has 0 bridgehead atoms. The van der Waals surface area contributed by atoms with Gasteiger partial charge in [-0.05, 0) is 43.4 Å². The molecule has 1 aromatic carbocycles. The van der Waals surface area contributed by atoms with Crippen LogP contribution in [-0.2, 0) is 4.79 Å². The van der Waals surface area contributed by atoms with Crippen molar-refractivity contribution in [2.45, 2.75) is 44.1 Å². The maximum atomic E-state index is 11.3. The first-order valence-corrected chi connectivity index (χ1v) is 7.37. The van der Waals surface area contributed by atoms with Crippen LogP contribution in [0.2, 0.25) is 0 Å². The van der Waals surface area contributed by atoms with E-state index in [1.165, 1.54) is 12.8 Å². The molecule has 2 aliphatic rings. The van der Waals surface area contributed by atoms with Crippen molar-refractivity contribution in [3.8, 4) is 11.5 Å². The molecular formula is C16H23NO3Pb. The van der Waals surface area contributed by atoms with E-state index in [9.17, 15) is 4.79 Å². The summed E-state index contributed by atoms with van der Waals surface area (Å²) in [5.41, 5.74) is 1.15. The molecule has 5 heteroatoms. The summed E-state index contributed by atoms with van der Waals surface area (Å²) in [5.74, 6) is 1.97. The van der Waals surface area contributed by atoms with Gasteiger partial charge < -0.3 is 14.8 Å². The number of benzene rings is 1. The van der Waals surface area contributed by atoms with E-state index in [4.69, 9.17) is 9.47 Å². The summed E-state index contributed by atoms with van der Waals surface area (Å²) < 4.78 is 11.5. The minimum absolute atomic E-state index is 0. The van der Waals surface area contributed by atoms with Gasteiger partial charge in [0.05, 0.1) is 13.2 Å². The van der Waals surface area contributed by atoms with E-state index in [-0.39, 0.29) is 39.1 Å². The number of nitrogens with one attached hydrogen (secondary N) is 1. The predicted molar refractivity (Wildman–Crippen MR) is 84.8 cm³/mol. The third-order valence-corrected chi connectivity index (χ3v) is 4.23. The Balaban J connectivity index is 0.00000161. The maximum absolute atomic E-state index is 11.3. The summed E-state index contributed by atoms with van der Waals surface area (Å²) in [6.45, 7) is 0.716. The van der Waals surface area contributed by atoms with E-state index >= 15 is 0 Å². The fraction of sp³-hybridized carbons (Fsp3) is 0.562. The second-order valence-electron chi connectivity index (χ2n) is 5.64. The zero-order chi connectivity index (χ0) is 13.9. The monoisotopic (exact) mass is 485 g/mol. The van der Waals surface area contributed by atoms with Gasteiger partial charge in [-0.3, -0.25) is 4.79 Å². The second-order valence-corrected chi connectivity index (χ2v) is 5.64. The Morgan fingerprint density at radius 3 is 2.57 bits per heavy atom. The first kappa shape index (κ1) is 16.6. The molecule has 1 aliphatic heterocycles. The zero-order valence-corrected chi connectivity index (χ0v) is 18.1. The number of hydrogen-bond acceptors (Lipinski definition) is 3. The van der Waals surface area contributed by atoms with Crippen molar-refractivity contribution in [2.75, 3.05) is 13.7 Å². The Kier molecular flexibility index (Phi) is 5.90. The summed E-state index contributed by atoms with van der Waals surface area (Å²) in [4.78, 5) is 11.3. The summed E-state index contributed by atoms with van der Waals surface area (Å²) in [6.07, 6.45) is 5.60. The van der Waals surface area contributed by atoms with Crippen LogP contribution in [0.1, 0.15) is 43.6 Å². The van der Waals surface area contributed by atoms with Crippen molar-refractivity contribution < 1.29 is 14.3 Å². The van der Waals surface area contributed by atoms with Crippen LogP contribution in [0, 0.1) is 0 Å². The number of amides is 1. The van der Waals surface area contributed by atoms with Gasteiger partial charge in [0.15, 0.2) is 11.5 Å². The second kappa shape index (κ2) is 7.47. The van der Waals surface area contributed by atoms with Crippen molar-refractivity contribution in [3.63, 3.8) is 0 Å². The normalized spacial score (nSPS) is 21.8. The fourth-order valence-electron chi connectivity index (χ4n) is 3.07. The molecule has 1 N–H and O–H groups in total. The summed E-state index contributed by atoms with van der Waals surface area (Å²) in [6, 6.07) is 6.02. The third-order valence-electron chi connectivity index (χ3n) is 4.23. The van der Waals surface area contributed by atoms with Crippen LogP contribution in [0.3, 0.4) is 0 Å². The van der Waals surface area contributed by atoms with Crippen LogP contribution < -0.4 is 14.8 Å².